The van der Waals surface area contributed by atoms with Crippen LogP contribution in [-0.4, -0.2) is 44.3 Å². The van der Waals surface area contributed by atoms with Gasteiger partial charge in [-0.05, 0) is 19.8 Å². The van der Waals surface area contributed by atoms with Gasteiger partial charge in [0.05, 0.1) is 6.61 Å². The number of aryl methyl sites for hydroxylation is 1. The number of hydrogen-bond acceptors (Lipinski definition) is 6. The Morgan fingerprint density at radius 3 is 3.00 bits per heavy atom. The van der Waals surface area contributed by atoms with E-state index < -0.39 is 6.10 Å². The van der Waals surface area contributed by atoms with Crippen LogP contribution in [0.1, 0.15) is 31.7 Å². The normalized spacial score (nSPS) is 19.6. The standard InChI is InChI=1S/C16H23N5O2/c1-3-23-14-9-13(18-11-19-14)21-7-4-5-12(10-21)15(22)16-17-6-8-20(16)2/h6,8-9,11-12,15,22H,3-5,7,10H2,1-2H3/t12-,15-/m0/s1. The van der Waals surface area contributed by atoms with E-state index >= 15 is 0 Å². The third-order valence-corrected chi connectivity index (χ3v) is 4.27. The molecule has 3 heterocycles. The third-order valence-electron chi connectivity index (χ3n) is 4.27. The summed E-state index contributed by atoms with van der Waals surface area (Å²) in [4.78, 5) is 14.9. The molecule has 1 fully saturated rings. The number of aromatic nitrogens is 4. The molecule has 7 heteroatoms. The van der Waals surface area contributed by atoms with Crippen LogP contribution >= 0.6 is 0 Å². The highest BCUT2D eigenvalue weighted by Crippen LogP contribution is 2.31. The van der Waals surface area contributed by atoms with Gasteiger partial charge in [-0.3, -0.25) is 0 Å². The zero-order chi connectivity index (χ0) is 16.2. The summed E-state index contributed by atoms with van der Waals surface area (Å²) in [5.41, 5.74) is 0. The maximum Gasteiger partial charge on any atom is 0.218 e. The van der Waals surface area contributed by atoms with Crippen LogP contribution in [0.25, 0.3) is 0 Å². The predicted molar refractivity (Wildman–Crippen MR) is 86.3 cm³/mol. The molecule has 1 N–H and O–H groups in total. The first-order chi connectivity index (χ1) is 11.2. The number of nitrogens with zero attached hydrogens (tertiary/aromatic N) is 5. The quantitative estimate of drug-likeness (QED) is 0.902. The molecule has 23 heavy (non-hydrogen) atoms. The number of aliphatic hydroxyl groups excluding tert-OH is 1. The molecule has 2 atom stereocenters. The van der Waals surface area contributed by atoms with Gasteiger partial charge in [-0.2, -0.15) is 0 Å². The van der Waals surface area contributed by atoms with Crippen molar-refractivity contribution in [3.63, 3.8) is 0 Å². The molecule has 0 bridgehead atoms. The average Bonchev–Trinajstić information content (AvgIpc) is 3.01. The van der Waals surface area contributed by atoms with Crippen molar-refractivity contribution >= 4 is 5.82 Å². The molecule has 3 rings (SSSR count). The summed E-state index contributed by atoms with van der Waals surface area (Å²) in [5, 5.41) is 10.7. The fourth-order valence-corrected chi connectivity index (χ4v) is 3.08. The van der Waals surface area contributed by atoms with Gasteiger partial charge in [0.15, 0.2) is 0 Å². The summed E-state index contributed by atoms with van der Waals surface area (Å²) >= 11 is 0. The molecule has 0 aliphatic carbocycles. The van der Waals surface area contributed by atoms with Crippen LogP contribution in [0.3, 0.4) is 0 Å². The van der Waals surface area contributed by atoms with Crippen molar-refractivity contribution in [1.82, 2.24) is 19.5 Å². The third kappa shape index (κ3) is 3.44. The molecule has 0 aromatic carbocycles. The van der Waals surface area contributed by atoms with Gasteiger partial charge in [0, 0.05) is 44.5 Å². The van der Waals surface area contributed by atoms with E-state index in [4.69, 9.17) is 4.74 Å². The Morgan fingerprint density at radius 2 is 2.26 bits per heavy atom. The molecule has 7 nitrogen and oxygen atoms in total. The maximum absolute atomic E-state index is 10.7. The largest absolute Gasteiger partial charge is 0.478 e. The number of piperidine rings is 1. The van der Waals surface area contributed by atoms with Crippen LogP contribution in [0.5, 0.6) is 5.88 Å². The molecule has 1 saturated heterocycles. The molecule has 2 aromatic heterocycles. The highest BCUT2D eigenvalue weighted by Gasteiger charge is 2.29. The highest BCUT2D eigenvalue weighted by molar-refractivity contribution is 5.41. The van der Waals surface area contributed by atoms with Crippen LogP contribution in [0, 0.1) is 5.92 Å². The number of rotatable bonds is 5. The van der Waals surface area contributed by atoms with Crippen LogP contribution in [-0.2, 0) is 7.05 Å². The van der Waals surface area contributed by atoms with Crippen LogP contribution in [0.15, 0.2) is 24.8 Å². The second kappa shape index (κ2) is 6.95. The Bertz CT molecular complexity index is 645. The summed E-state index contributed by atoms with van der Waals surface area (Å²) in [6.45, 7) is 4.18. The summed E-state index contributed by atoms with van der Waals surface area (Å²) in [6, 6.07) is 1.86. The van der Waals surface area contributed by atoms with E-state index in [1.165, 1.54) is 6.33 Å². The van der Waals surface area contributed by atoms with Crippen molar-refractivity contribution in [3.8, 4) is 5.88 Å². The SMILES string of the molecule is CCOc1cc(N2CCC[C@H]([C@H](O)c3nccn3C)C2)ncn1. The summed E-state index contributed by atoms with van der Waals surface area (Å²) in [6.07, 6.45) is 6.54. The molecule has 124 valence electrons. The second-order valence-corrected chi connectivity index (χ2v) is 5.84. The molecule has 1 aliphatic rings. The van der Waals surface area contributed by atoms with Crippen molar-refractivity contribution in [2.75, 3.05) is 24.6 Å². The first-order valence-electron chi connectivity index (χ1n) is 8.04. The van der Waals surface area contributed by atoms with Crippen molar-refractivity contribution in [3.05, 3.63) is 30.6 Å². The highest BCUT2D eigenvalue weighted by atomic mass is 16.5. The molecule has 0 spiro atoms. The van der Waals surface area contributed by atoms with Gasteiger partial charge < -0.3 is 19.3 Å². The van der Waals surface area contributed by atoms with E-state index in [0.29, 0.717) is 12.5 Å². The number of hydrogen-bond donors (Lipinski definition) is 1. The van der Waals surface area contributed by atoms with Crippen molar-refractivity contribution in [2.24, 2.45) is 13.0 Å². The van der Waals surface area contributed by atoms with E-state index in [2.05, 4.69) is 19.9 Å². The first kappa shape index (κ1) is 15.7. The van der Waals surface area contributed by atoms with Gasteiger partial charge in [-0.1, -0.05) is 0 Å². The summed E-state index contributed by atoms with van der Waals surface area (Å²) < 4.78 is 7.32. The van der Waals surface area contributed by atoms with E-state index in [-0.39, 0.29) is 5.92 Å². The number of ether oxygens (including phenoxy) is 1. The lowest BCUT2D eigenvalue weighted by Crippen LogP contribution is -2.38. The van der Waals surface area contributed by atoms with Crippen LogP contribution < -0.4 is 9.64 Å². The molecule has 2 aromatic rings. The van der Waals surface area contributed by atoms with Gasteiger partial charge in [0.1, 0.15) is 24.1 Å². The number of imidazole rings is 1. The fraction of sp³-hybridized carbons (Fsp3) is 0.562. The van der Waals surface area contributed by atoms with E-state index in [1.54, 1.807) is 6.20 Å². The Morgan fingerprint density at radius 1 is 1.39 bits per heavy atom. The Balaban J connectivity index is 1.73. The Kier molecular flexibility index (Phi) is 4.76. The monoisotopic (exact) mass is 317 g/mol. The Labute approximate surface area is 136 Å². The lowest BCUT2D eigenvalue weighted by atomic mass is 9.92. The predicted octanol–water partition coefficient (Wildman–Crippen LogP) is 1.56. The van der Waals surface area contributed by atoms with E-state index in [0.717, 1.165) is 37.6 Å². The zero-order valence-corrected chi connectivity index (χ0v) is 13.6. The maximum atomic E-state index is 10.7. The summed E-state index contributed by atoms with van der Waals surface area (Å²) in [5.74, 6) is 2.29. The molecule has 1 aliphatic heterocycles. The number of anilines is 1. The number of aliphatic hydroxyl groups is 1. The lowest BCUT2D eigenvalue weighted by Gasteiger charge is -2.35. The molecular weight excluding hydrogens is 294 g/mol. The second-order valence-electron chi connectivity index (χ2n) is 5.84. The van der Waals surface area contributed by atoms with Gasteiger partial charge in [-0.15, -0.1) is 0 Å². The fourth-order valence-electron chi connectivity index (χ4n) is 3.08. The minimum Gasteiger partial charge on any atom is -0.478 e. The van der Waals surface area contributed by atoms with Crippen molar-refractivity contribution in [2.45, 2.75) is 25.9 Å². The molecule has 0 unspecified atom stereocenters. The van der Waals surface area contributed by atoms with Crippen LogP contribution in [0.2, 0.25) is 0 Å². The minimum absolute atomic E-state index is 0.135. The first-order valence-corrected chi connectivity index (χ1v) is 8.04. The molecule has 0 radical (unpaired) electrons. The molecule has 0 amide bonds. The lowest BCUT2D eigenvalue weighted by molar-refractivity contribution is 0.0873. The van der Waals surface area contributed by atoms with Crippen molar-refractivity contribution < 1.29 is 9.84 Å². The molecule has 0 saturated carbocycles. The molecular formula is C16H23N5O2. The van der Waals surface area contributed by atoms with Gasteiger partial charge in [0.25, 0.3) is 0 Å². The smallest absolute Gasteiger partial charge is 0.218 e. The van der Waals surface area contributed by atoms with Crippen LogP contribution in [0.4, 0.5) is 5.82 Å². The van der Waals surface area contributed by atoms with Crippen molar-refractivity contribution in [1.29, 1.82) is 0 Å². The van der Waals surface area contributed by atoms with Gasteiger partial charge in [0.2, 0.25) is 5.88 Å². The minimum atomic E-state index is -0.564. The van der Waals surface area contributed by atoms with E-state index in [1.807, 2.05) is 30.8 Å². The van der Waals surface area contributed by atoms with E-state index in [9.17, 15) is 5.11 Å². The van der Waals surface area contributed by atoms with Gasteiger partial charge in [-0.25, -0.2) is 15.0 Å². The van der Waals surface area contributed by atoms with Gasteiger partial charge >= 0.3 is 0 Å². The summed E-state index contributed by atoms with van der Waals surface area (Å²) in [7, 11) is 1.91. The Hall–Kier alpha value is -2.15. The zero-order valence-electron chi connectivity index (χ0n) is 13.6. The average molecular weight is 317 g/mol. The topological polar surface area (TPSA) is 76.3 Å².